The molecule has 0 aliphatic heterocycles. The summed E-state index contributed by atoms with van der Waals surface area (Å²) in [6, 6.07) is 2.40. The third-order valence-corrected chi connectivity index (χ3v) is 9.00. The van der Waals surface area contributed by atoms with Crippen molar-refractivity contribution in [2.45, 2.75) is 38.5 Å². The van der Waals surface area contributed by atoms with E-state index in [1.54, 1.807) is 12.8 Å². The van der Waals surface area contributed by atoms with E-state index in [1.165, 1.54) is 19.3 Å². The molecule has 6 rings (SSSR count). The highest BCUT2D eigenvalue weighted by atomic mass is 14.7. The Bertz CT molecular complexity index is 557. The Kier molecular flexibility index (Phi) is 2.10. The lowest BCUT2D eigenvalue weighted by Gasteiger charge is -2.46. The van der Waals surface area contributed by atoms with Gasteiger partial charge in [-0.1, -0.05) is 12.2 Å². The average molecular weight is 279 g/mol. The Morgan fingerprint density at radius 2 is 1.57 bits per heavy atom. The fourth-order valence-electron chi connectivity index (χ4n) is 8.97. The predicted molar refractivity (Wildman–Crippen MR) is 80.8 cm³/mol. The predicted octanol–water partition coefficient (Wildman–Crippen LogP) is 4.27. The van der Waals surface area contributed by atoms with E-state index >= 15 is 0 Å². The number of hydrogen-bond acceptors (Lipinski definition) is 1. The maximum Gasteiger partial charge on any atom is 0.0621 e. The minimum Gasteiger partial charge on any atom is -0.198 e. The van der Waals surface area contributed by atoms with Crippen molar-refractivity contribution in [1.29, 1.82) is 5.26 Å². The van der Waals surface area contributed by atoms with E-state index in [4.69, 9.17) is 5.26 Å². The molecule has 6 aliphatic carbocycles. The van der Waals surface area contributed by atoms with Crippen molar-refractivity contribution in [3.8, 4) is 6.07 Å². The largest absolute Gasteiger partial charge is 0.198 e. The van der Waals surface area contributed by atoms with Gasteiger partial charge >= 0.3 is 0 Å². The number of allylic oxidation sites excluding steroid dienone is 2. The van der Waals surface area contributed by atoms with Crippen molar-refractivity contribution >= 4 is 0 Å². The van der Waals surface area contributed by atoms with Gasteiger partial charge in [0, 0.05) is 6.42 Å². The molecule has 5 saturated carbocycles. The van der Waals surface area contributed by atoms with Gasteiger partial charge in [-0.25, -0.2) is 0 Å². The van der Waals surface area contributed by atoms with Crippen LogP contribution in [-0.4, -0.2) is 0 Å². The monoisotopic (exact) mass is 279 g/mol. The molecule has 0 amide bonds. The SMILES string of the molecule is N#CCCC1CC2CC1C1C3CC(C4C5C=CC(C5)C34)C21. The first kappa shape index (κ1) is 11.8. The summed E-state index contributed by atoms with van der Waals surface area (Å²) in [5, 5.41) is 8.93. The summed E-state index contributed by atoms with van der Waals surface area (Å²) in [5.74, 6) is 11.5. The Hall–Kier alpha value is -0.770. The van der Waals surface area contributed by atoms with Gasteiger partial charge in [0.2, 0.25) is 0 Å². The van der Waals surface area contributed by atoms with Gasteiger partial charge in [0.05, 0.1) is 6.07 Å². The van der Waals surface area contributed by atoms with Crippen LogP contribution >= 0.6 is 0 Å². The molecular formula is C20H25N. The van der Waals surface area contributed by atoms with E-state index in [1.807, 2.05) is 0 Å². The molecule has 11 atom stereocenters. The molecule has 11 unspecified atom stereocenters. The van der Waals surface area contributed by atoms with Crippen LogP contribution in [0.4, 0.5) is 0 Å². The topological polar surface area (TPSA) is 23.8 Å². The number of fused-ring (bicyclic) bond motifs is 16. The number of nitrogens with zero attached hydrogens (tertiary/aromatic N) is 1. The summed E-state index contributed by atoms with van der Waals surface area (Å²) in [5.41, 5.74) is 0. The quantitative estimate of drug-likeness (QED) is 0.547. The lowest BCUT2D eigenvalue weighted by molar-refractivity contribution is 0.0279. The van der Waals surface area contributed by atoms with E-state index in [2.05, 4.69) is 18.2 Å². The number of hydrogen-bond donors (Lipinski definition) is 0. The minimum atomic E-state index is 0.804. The highest BCUT2D eigenvalue weighted by Crippen LogP contribution is 2.76. The maximum absolute atomic E-state index is 8.93. The smallest absolute Gasteiger partial charge is 0.0621 e. The van der Waals surface area contributed by atoms with Crippen molar-refractivity contribution in [2.24, 2.45) is 65.1 Å². The first-order chi connectivity index (χ1) is 10.4. The fraction of sp³-hybridized carbons (Fsp3) is 0.850. The Morgan fingerprint density at radius 1 is 0.810 bits per heavy atom. The second-order valence-corrected chi connectivity index (χ2v) is 9.17. The van der Waals surface area contributed by atoms with E-state index in [-0.39, 0.29) is 0 Å². The molecular weight excluding hydrogens is 254 g/mol. The van der Waals surface area contributed by atoms with Crippen LogP contribution in [0.1, 0.15) is 38.5 Å². The number of rotatable bonds is 2. The first-order valence-corrected chi connectivity index (χ1v) is 9.42. The normalized spacial score (nSPS) is 64.0. The molecule has 0 saturated heterocycles. The van der Waals surface area contributed by atoms with Gasteiger partial charge in [-0.2, -0.15) is 5.26 Å². The zero-order valence-corrected chi connectivity index (χ0v) is 12.7. The summed E-state index contributed by atoms with van der Waals surface area (Å²) in [6.45, 7) is 0. The fourth-order valence-corrected chi connectivity index (χ4v) is 8.97. The van der Waals surface area contributed by atoms with Crippen LogP contribution in [0.25, 0.3) is 0 Å². The summed E-state index contributed by atoms with van der Waals surface area (Å²) in [4.78, 5) is 0. The summed E-state index contributed by atoms with van der Waals surface area (Å²) < 4.78 is 0. The Balaban J connectivity index is 1.33. The van der Waals surface area contributed by atoms with Crippen molar-refractivity contribution in [1.82, 2.24) is 0 Å². The van der Waals surface area contributed by atoms with Gasteiger partial charge in [-0.3, -0.25) is 0 Å². The van der Waals surface area contributed by atoms with Gasteiger partial charge in [0.15, 0.2) is 0 Å². The molecule has 110 valence electrons. The summed E-state index contributed by atoms with van der Waals surface area (Å²) >= 11 is 0. The van der Waals surface area contributed by atoms with E-state index < -0.39 is 0 Å². The van der Waals surface area contributed by atoms with Gasteiger partial charge < -0.3 is 0 Å². The van der Waals surface area contributed by atoms with Gasteiger partial charge in [-0.05, 0) is 97.2 Å². The highest BCUT2D eigenvalue weighted by Gasteiger charge is 2.70. The molecule has 0 aromatic rings. The molecule has 0 spiro atoms. The van der Waals surface area contributed by atoms with Crippen LogP contribution in [0.15, 0.2) is 12.2 Å². The molecule has 0 N–H and O–H groups in total. The van der Waals surface area contributed by atoms with E-state index in [9.17, 15) is 0 Å². The molecule has 1 heteroatoms. The van der Waals surface area contributed by atoms with Crippen LogP contribution in [-0.2, 0) is 0 Å². The van der Waals surface area contributed by atoms with Crippen LogP contribution in [0.5, 0.6) is 0 Å². The van der Waals surface area contributed by atoms with E-state index in [0.717, 1.165) is 71.5 Å². The lowest BCUT2D eigenvalue weighted by Crippen LogP contribution is -2.41. The molecule has 6 aliphatic rings. The maximum atomic E-state index is 8.93. The molecule has 21 heavy (non-hydrogen) atoms. The van der Waals surface area contributed by atoms with Gasteiger partial charge in [-0.15, -0.1) is 0 Å². The molecule has 6 bridgehead atoms. The molecule has 5 fully saturated rings. The Morgan fingerprint density at radius 3 is 2.33 bits per heavy atom. The Labute approximate surface area is 127 Å². The summed E-state index contributed by atoms with van der Waals surface area (Å²) in [7, 11) is 0. The van der Waals surface area contributed by atoms with Crippen molar-refractivity contribution in [2.75, 3.05) is 0 Å². The summed E-state index contributed by atoms with van der Waals surface area (Å²) in [6.07, 6.45) is 13.3. The zero-order chi connectivity index (χ0) is 13.7. The second kappa shape index (κ2) is 3.76. The number of nitriles is 1. The molecule has 0 heterocycles. The zero-order valence-electron chi connectivity index (χ0n) is 12.7. The minimum absolute atomic E-state index is 0.804. The van der Waals surface area contributed by atoms with Gasteiger partial charge in [0.1, 0.15) is 0 Å². The average Bonchev–Trinajstić information content (AvgIpc) is 3.30. The van der Waals surface area contributed by atoms with Crippen molar-refractivity contribution in [3.05, 3.63) is 12.2 Å². The van der Waals surface area contributed by atoms with Crippen LogP contribution in [0.3, 0.4) is 0 Å². The van der Waals surface area contributed by atoms with Gasteiger partial charge in [0.25, 0.3) is 0 Å². The van der Waals surface area contributed by atoms with E-state index in [0.29, 0.717) is 0 Å². The van der Waals surface area contributed by atoms with Crippen molar-refractivity contribution < 1.29 is 0 Å². The highest BCUT2D eigenvalue weighted by molar-refractivity contribution is 5.24. The third kappa shape index (κ3) is 1.23. The standard InChI is InChI=1S/C20H25N/c21-5-1-2-10-6-13-8-14(10)20-16-9-15(19(13)20)17-11-3-4-12(7-11)18(16)17/h3-4,10-20H,1-2,6-9H2. The molecule has 0 aromatic heterocycles. The molecule has 0 radical (unpaired) electrons. The molecule has 1 nitrogen and oxygen atoms in total. The molecule has 0 aromatic carbocycles. The van der Waals surface area contributed by atoms with Crippen LogP contribution < -0.4 is 0 Å². The van der Waals surface area contributed by atoms with Crippen molar-refractivity contribution in [3.63, 3.8) is 0 Å². The third-order valence-electron chi connectivity index (χ3n) is 9.00. The first-order valence-electron chi connectivity index (χ1n) is 9.42. The van der Waals surface area contributed by atoms with Crippen LogP contribution in [0, 0.1) is 76.4 Å². The van der Waals surface area contributed by atoms with Crippen LogP contribution in [0.2, 0.25) is 0 Å². The lowest BCUT2D eigenvalue weighted by atomic mass is 9.59. The second-order valence-electron chi connectivity index (χ2n) is 9.17.